The first kappa shape index (κ1) is 18.4. The number of carbonyl (C=O) groups is 1. The highest BCUT2D eigenvalue weighted by molar-refractivity contribution is 5.92. The van der Waals surface area contributed by atoms with Gasteiger partial charge in [-0.25, -0.2) is 13.5 Å². The number of rotatable bonds is 4. The Kier molecular flexibility index (Phi) is 5.12. The van der Waals surface area contributed by atoms with Crippen LogP contribution in [0.15, 0.2) is 59.4 Å². The normalized spacial score (nSPS) is 11.9. The number of amides is 1. The molecule has 2 aromatic carbocycles. The summed E-state index contributed by atoms with van der Waals surface area (Å²) in [5, 5.41) is 6.65. The quantitative estimate of drug-likeness (QED) is 0.767. The van der Waals surface area contributed by atoms with Crippen LogP contribution in [0.2, 0.25) is 0 Å². The Morgan fingerprint density at radius 2 is 1.81 bits per heavy atom. The summed E-state index contributed by atoms with van der Waals surface area (Å²) in [6, 6.07) is 12.5. The Morgan fingerprint density at radius 3 is 2.52 bits per heavy atom. The molecule has 5 nitrogen and oxygen atoms in total. The summed E-state index contributed by atoms with van der Waals surface area (Å²) in [6.07, 6.45) is 0. The van der Waals surface area contributed by atoms with Crippen LogP contribution in [0.25, 0.3) is 5.69 Å². The lowest BCUT2D eigenvalue weighted by Crippen LogP contribution is -2.34. The summed E-state index contributed by atoms with van der Waals surface area (Å²) in [4.78, 5) is 24.8. The van der Waals surface area contributed by atoms with E-state index >= 15 is 0 Å². The number of para-hydroxylation sites is 1. The van der Waals surface area contributed by atoms with E-state index in [0.29, 0.717) is 11.4 Å². The molecule has 1 unspecified atom stereocenters. The summed E-state index contributed by atoms with van der Waals surface area (Å²) in [6.45, 7) is 3.20. The van der Waals surface area contributed by atoms with Crippen molar-refractivity contribution in [3.05, 3.63) is 93.4 Å². The fourth-order valence-electron chi connectivity index (χ4n) is 2.72. The smallest absolute Gasteiger partial charge is 0.276 e. The number of benzene rings is 2. The highest BCUT2D eigenvalue weighted by Crippen LogP contribution is 2.18. The number of nitrogens with one attached hydrogen (secondary N) is 1. The maximum absolute atomic E-state index is 13.9. The molecule has 0 aliphatic rings. The van der Waals surface area contributed by atoms with Crippen LogP contribution in [-0.4, -0.2) is 15.7 Å². The van der Waals surface area contributed by atoms with Crippen LogP contribution in [-0.2, 0) is 0 Å². The Balaban J connectivity index is 1.93. The van der Waals surface area contributed by atoms with Crippen LogP contribution >= 0.6 is 0 Å². The molecule has 0 fully saturated rings. The van der Waals surface area contributed by atoms with Crippen molar-refractivity contribution >= 4 is 5.91 Å². The van der Waals surface area contributed by atoms with Gasteiger partial charge in [-0.05, 0) is 44.2 Å². The topological polar surface area (TPSA) is 64.0 Å². The molecule has 1 heterocycles. The van der Waals surface area contributed by atoms with Crippen molar-refractivity contribution < 1.29 is 13.6 Å². The predicted molar refractivity (Wildman–Crippen MR) is 96.8 cm³/mol. The zero-order valence-corrected chi connectivity index (χ0v) is 14.7. The first-order valence-electron chi connectivity index (χ1n) is 8.29. The SMILES string of the molecule is Cc1cc(=O)c(C(=O)NC(C)c2cc(F)ccc2F)nn1-c1ccccc1. The molecule has 0 bridgehead atoms. The van der Waals surface area contributed by atoms with Crippen molar-refractivity contribution in [3.63, 3.8) is 0 Å². The molecule has 3 aromatic rings. The molecule has 0 aliphatic heterocycles. The predicted octanol–water partition coefficient (Wildman–Crippen LogP) is 3.31. The standard InChI is InChI=1S/C20H17F2N3O2/c1-12-10-18(26)19(24-25(12)15-6-4-3-5-7-15)20(27)23-13(2)16-11-14(21)8-9-17(16)22/h3-11,13H,1-2H3,(H,23,27). The molecule has 1 aromatic heterocycles. The first-order valence-corrected chi connectivity index (χ1v) is 8.29. The average Bonchev–Trinajstić information content (AvgIpc) is 2.64. The number of halogens is 2. The molecule has 1 atom stereocenters. The lowest BCUT2D eigenvalue weighted by atomic mass is 10.1. The van der Waals surface area contributed by atoms with Gasteiger partial charge >= 0.3 is 0 Å². The van der Waals surface area contributed by atoms with Crippen LogP contribution in [0, 0.1) is 18.6 Å². The molecule has 7 heteroatoms. The second kappa shape index (κ2) is 7.49. The monoisotopic (exact) mass is 369 g/mol. The Bertz CT molecular complexity index is 1050. The van der Waals surface area contributed by atoms with E-state index in [1.165, 1.54) is 17.7 Å². The molecule has 0 saturated carbocycles. The summed E-state index contributed by atoms with van der Waals surface area (Å²) in [5.74, 6) is -2.03. The van der Waals surface area contributed by atoms with Gasteiger partial charge in [-0.3, -0.25) is 9.59 Å². The van der Waals surface area contributed by atoms with Gasteiger partial charge in [-0.15, -0.1) is 0 Å². The maximum atomic E-state index is 13.9. The largest absolute Gasteiger partial charge is 0.344 e. The van der Waals surface area contributed by atoms with E-state index < -0.39 is 29.0 Å². The van der Waals surface area contributed by atoms with Crippen molar-refractivity contribution in [2.75, 3.05) is 0 Å². The van der Waals surface area contributed by atoms with Gasteiger partial charge < -0.3 is 5.32 Å². The molecular formula is C20H17F2N3O2. The minimum absolute atomic E-state index is 0.0150. The molecular weight excluding hydrogens is 352 g/mol. The van der Waals surface area contributed by atoms with Crippen molar-refractivity contribution in [3.8, 4) is 5.69 Å². The molecule has 0 radical (unpaired) electrons. The fraction of sp³-hybridized carbons (Fsp3) is 0.150. The van der Waals surface area contributed by atoms with Crippen LogP contribution in [0.4, 0.5) is 8.78 Å². The number of nitrogens with zero attached hydrogens (tertiary/aromatic N) is 2. The zero-order valence-electron chi connectivity index (χ0n) is 14.7. The van der Waals surface area contributed by atoms with Crippen LogP contribution in [0.3, 0.4) is 0 Å². The van der Waals surface area contributed by atoms with E-state index in [0.717, 1.165) is 18.2 Å². The molecule has 0 aliphatic carbocycles. The second-order valence-corrected chi connectivity index (χ2v) is 6.11. The van der Waals surface area contributed by atoms with Crippen molar-refractivity contribution in [1.29, 1.82) is 0 Å². The van der Waals surface area contributed by atoms with Crippen LogP contribution in [0.1, 0.15) is 34.7 Å². The Labute approximate surface area is 154 Å². The number of aromatic nitrogens is 2. The highest BCUT2D eigenvalue weighted by Gasteiger charge is 2.20. The summed E-state index contributed by atoms with van der Waals surface area (Å²) >= 11 is 0. The minimum atomic E-state index is -0.846. The first-order chi connectivity index (χ1) is 12.9. The lowest BCUT2D eigenvalue weighted by Gasteiger charge is -2.16. The number of hydrogen-bond donors (Lipinski definition) is 1. The number of carbonyl (C=O) groups excluding carboxylic acids is 1. The van der Waals surface area contributed by atoms with Crippen molar-refractivity contribution in [2.24, 2.45) is 0 Å². The third-order valence-electron chi connectivity index (χ3n) is 4.10. The van der Waals surface area contributed by atoms with Gasteiger partial charge in [-0.2, -0.15) is 5.10 Å². The van der Waals surface area contributed by atoms with Crippen molar-refractivity contribution in [1.82, 2.24) is 15.1 Å². The molecule has 3 rings (SSSR count). The molecule has 1 amide bonds. The van der Waals surface area contributed by atoms with Crippen molar-refractivity contribution in [2.45, 2.75) is 19.9 Å². The van der Waals surface area contributed by atoms with E-state index in [2.05, 4.69) is 10.4 Å². The molecule has 0 spiro atoms. The van der Waals surface area contributed by atoms with E-state index in [-0.39, 0.29) is 11.3 Å². The van der Waals surface area contributed by atoms with Crippen LogP contribution < -0.4 is 10.7 Å². The van der Waals surface area contributed by atoms with E-state index in [4.69, 9.17) is 0 Å². The number of aryl methyl sites for hydroxylation is 1. The van der Waals surface area contributed by atoms with E-state index in [9.17, 15) is 18.4 Å². The average molecular weight is 369 g/mol. The zero-order chi connectivity index (χ0) is 19.6. The summed E-state index contributed by atoms with van der Waals surface area (Å²) in [7, 11) is 0. The van der Waals surface area contributed by atoms with Gasteiger partial charge in [0.2, 0.25) is 5.43 Å². The Hall–Kier alpha value is -3.35. The minimum Gasteiger partial charge on any atom is -0.344 e. The molecule has 1 N–H and O–H groups in total. The van der Waals surface area contributed by atoms with Gasteiger partial charge in [0.05, 0.1) is 11.7 Å². The summed E-state index contributed by atoms with van der Waals surface area (Å²) in [5.41, 5.74) is 0.358. The van der Waals surface area contributed by atoms with Crippen LogP contribution in [0.5, 0.6) is 0 Å². The summed E-state index contributed by atoms with van der Waals surface area (Å²) < 4.78 is 28.7. The van der Waals surface area contributed by atoms with Gasteiger partial charge in [0.25, 0.3) is 5.91 Å². The van der Waals surface area contributed by atoms with Gasteiger partial charge in [0.15, 0.2) is 5.69 Å². The molecule has 138 valence electrons. The second-order valence-electron chi connectivity index (χ2n) is 6.11. The molecule has 0 saturated heterocycles. The highest BCUT2D eigenvalue weighted by atomic mass is 19.1. The fourth-order valence-corrected chi connectivity index (χ4v) is 2.72. The Morgan fingerprint density at radius 1 is 1.11 bits per heavy atom. The van der Waals surface area contributed by atoms with E-state index in [1.807, 2.05) is 18.2 Å². The van der Waals surface area contributed by atoms with Gasteiger partial charge in [0, 0.05) is 17.3 Å². The lowest BCUT2D eigenvalue weighted by molar-refractivity contribution is 0.0931. The molecule has 27 heavy (non-hydrogen) atoms. The third-order valence-corrected chi connectivity index (χ3v) is 4.10. The van der Waals surface area contributed by atoms with Gasteiger partial charge in [-0.1, -0.05) is 18.2 Å². The number of hydrogen-bond acceptors (Lipinski definition) is 3. The third kappa shape index (κ3) is 3.92. The van der Waals surface area contributed by atoms with Gasteiger partial charge in [0.1, 0.15) is 11.6 Å². The van der Waals surface area contributed by atoms with E-state index in [1.54, 1.807) is 19.1 Å². The maximum Gasteiger partial charge on any atom is 0.276 e.